The van der Waals surface area contributed by atoms with E-state index in [2.05, 4.69) is 26.1 Å². The Labute approximate surface area is 113 Å². The third kappa shape index (κ3) is 2.79. The smallest absolute Gasteiger partial charge is 0.255 e. The molecule has 2 aromatic rings. The van der Waals surface area contributed by atoms with Gasteiger partial charge in [0.15, 0.2) is 0 Å². The second-order valence-corrected chi connectivity index (χ2v) is 5.77. The maximum Gasteiger partial charge on any atom is 0.255 e. The van der Waals surface area contributed by atoms with Gasteiger partial charge in [0.2, 0.25) is 0 Å². The van der Waals surface area contributed by atoms with E-state index in [4.69, 9.17) is 10.2 Å². The van der Waals surface area contributed by atoms with Crippen molar-refractivity contribution >= 4 is 16.9 Å². The largest absolute Gasteiger partial charge is 0.463 e. The van der Waals surface area contributed by atoms with Crippen molar-refractivity contribution in [1.82, 2.24) is 5.32 Å². The fourth-order valence-electron chi connectivity index (χ4n) is 2.02. The first-order valence-corrected chi connectivity index (χ1v) is 6.40. The van der Waals surface area contributed by atoms with Gasteiger partial charge in [0.1, 0.15) is 11.8 Å². The third-order valence-electron chi connectivity index (χ3n) is 3.31. The summed E-state index contributed by atoms with van der Waals surface area (Å²) in [6, 6.07) is 7.41. The number of nitrogens with one attached hydrogen (secondary N) is 1. The summed E-state index contributed by atoms with van der Waals surface area (Å²) < 4.78 is 5.38. The molecular weight excluding hydrogens is 240 g/mol. The van der Waals surface area contributed by atoms with Crippen LogP contribution in [0.25, 0.3) is 11.0 Å². The number of amides is 1. The number of para-hydroxylation sites is 1. The van der Waals surface area contributed by atoms with E-state index in [1.807, 2.05) is 24.3 Å². The number of nitrogens with two attached hydrogens (primary N) is 1. The Bertz CT molecular complexity index is 581. The predicted molar refractivity (Wildman–Crippen MR) is 76.0 cm³/mol. The molecule has 1 atom stereocenters. The van der Waals surface area contributed by atoms with Crippen molar-refractivity contribution < 1.29 is 9.21 Å². The molecule has 0 aliphatic carbocycles. The van der Waals surface area contributed by atoms with Crippen molar-refractivity contribution in [1.29, 1.82) is 0 Å². The lowest BCUT2D eigenvalue weighted by atomic mass is 9.86. The zero-order valence-corrected chi connectivity index (χ0v) is 11.6. The van der Waals surface area contributed by atoms with Gasteiger partial charge in [-0.25, -0.2) is 0 Å². The number of carbonyl (C=O) groups excluding carboxylic acids is 1. The average Bonchev–Trinajstić information content (AvgIpc) is 2.78. The molecule has 0 aliphatic rings. The second-order valence-electron chi connectivity index (χ2n) is 5.77. The maximum absolute atomic E-state index is 12.3. The van der Waals surface area contributed by atoms with Crippen LogP contribution in [0.4, 0.5) is 0 Å². The molecule has 1 aromatic heterocycles. The number of furan rings is 1. The molecule has 0 saturated carbocycles. The van der Waals surface area contributed by atoms with E-state index in [0.29, 0.717) is 17.7 Å². The number of hydrogen-bond donors (Lipinski definition) is 2. The Morgan fingerprint density at radius 2 is 2.05 bits per heavy atom. The first-order chi connectivity index (χ1) is 8.93. The highest BCUT2D eigenvalue weighted by Gasteiger charge is 2.26. The quantitative estimate of drug-likeness (QED) is 0.891. The molecule has 0 spiro atoms. The number of hydrogen-bond acceptors (Lipinski definition) is 3. The predicted octanol–water partition coefficient (Wildman–Crippen LogP) is 2.54. The summed E-state index contributed by atoms with van der Waals surface area (Å²) in [5, 5.41) is 3.80. The zero-order chi connectivity index (χ0) is 14.0. The minimum Gasteiger partial charge on any atom is -0.463 e. The van der Waals surface area contributed by atoms with Gasteiger partial charge in [0, 0.05) is 18.0 Å². The number of rotatable bonds is 3. The molecule has 2 rings (SSSR count). The minimum atomic E-state index is -0.143. The van der Waals surface area contributed by atoms with Gasteiger partial charge < -0.3 is 15.5 Å². The van der Waals surface area contributed by atoms with Crippen molar-refractivity contribution in [3.8, 4) is 0 Å². The highest BCUT2D eigenvalue weighted by atomic mass is 16.3. The van der Waals surface area contributed by atoms with E-state index in [-0.39, 0.29) is 17.4 Å². The van der Waals surface area contributed by atoms with Crippen molar-refractivity contribution in [2.24, 2.45) is 11.1 Å². The van der Waals surface area contributed by atoms with Crippen LogP contribution in [-0.4, -0.2) is 18.5 Å². The topological polar surface area (TPSA) is 68.3 Å². The number of fused-ring (bicyclic) bond motifs is 1. The lowest BCUT2D eigenvalue weighted by molar-refractivity contribution is 0.0906. The van der Waals surface area contributed by atoms with Gasteiger partial charge >= 0.3 is 0 Å². The van der Waals surface area contributed by atoms with E-state index in [1.54, 1.807) is 0 Å². The summed E-state index contributed by atoms with van der Waals surface area (Å²) in [7, 11) is 0. The molecule has 19 heavy (non-hydrogen) atoms. The maximum atomic E-state index is 12.3. The van der Waals surface area contributed by atoms with Crippen molar-refractivity contribution in [2.45, 2.75) is 26.8 Å². The molecule has 0 fully saturated rings. The first kappa shape index (κ1) is 13.6. The summed E-state index contributed by atoms with van der Waals surface area (Å²) in [6.45, 7) is 6.57. The lowest BCUT2D eigenvalue weighted by Crippen LogP contribution is -2.48. The summed E-state index contributed by atoms with van der Waals surface area (Å²) in [6.07, 6.45) is 1.50. The van der Waals surface area contributed by atoms with Gasteiger partial charge in [-0.15, -0.1) is 0 Å². The van der Waals surface area contributed by atoms with E-state index in [1.165, 1.54) is 6.26 Å². The third-order valence-corrected chi connectivity index (χ3v) is 3.31. The Morgan fingerprint density at radius 3 is 2.68 bits per heavy atom. The molecule has 0 radical (unpaired) electrons. The van der Waals surface area contributed by atoms with Crippen molar-refractivity contribution in [2.75, 3.05) is 6.54 Å². The van der Waals surface area contributed by atoms with Crippen LogP contribution in [0.15, 0.2) is 34.9 Å². The molecule has 0 bridgehead atoms. The SMILES string of the molecule is CC(C)(C)C(CN)NC(=O)c1coc2ccccc12. The fourth-order valence-corrected chi connectivity index (χ4v) is 2.02. The monoisotopic (exact) mass is 260 g/mol. The highest BCUT2D eigenvalue weighted by Crippen LogP contribution is 2.22. The van der Waals surface area contributed by atoms with Gasteiger partial charge in [-0.3, -0.25) is 4.79 Å². The van der Waals surface area contributed by atoms with Crippen LogP contribution in [-0.2, 0) is 0 Å². The molecule has 1 amide bonds. The van der Waals surface area contributed by atoms with Crippen molar-refractivity contribution in [3.05, 3.63) is 36.1 Å². The molecule has 1 unspecified atom stereocenters. The summed E-state index contributed by atoms with van der Waals surface area (Å²) in [5.41, 5.74) is 6.93. The van der Waals surface area contributed by atoms with Gasteiger partial charge in [-0.2, -0.15) is 0 Å². The standard InChI is InChI=1S/C15H20N2O2/c1-15(2,3)13(8-16)17-14(18)11-9-19-12-7-5-4-6-10(11)12/h4-7,9,13H,8,16H2,1-3H3,(H,17,18). The number of benzene rings is 1. The number of carbonyl (C=O) groups is 1. The molecule has 0 saturated heterocycles. The van der Waals surface area contributed by atoms with Crippen LogP contribution >= 0.6 is 0 Å². The molecule has 102 valence electrons. The van der Waals surface area contributed by atoms with Crippen LogP contribution in [0.5, 0.6) is 0 Å². The van der Waals surface area contributed by atoms with Gasteiger partial charge in [0.05, 0.1) is 5.56 Å². The zero-order valence-electron chi connectivity index (χ0n) is 11.6. The van der Waals surface area contributed by atoms with Crippen LogP contribution in [0.3, 0.4) is 0 Å². The van der Waals surface area contributed by atoms with E-state index in [0.717, 1.165) is 5.39 Å². The first-order valence-electron chi connectivity index (χ1n) is 6.40. The van der Waals surface area contributed by atoms with Crippen LogP contribution in [0.1, 0.15) is 31.1 Å². The van der Waals surface area contributed by atoms with Crippen LogP contribution < -0.4 is 11.1 Å². The van der Waals surface area contributed by atoms with Crippen LogP contribution in [0.2, 0.25) is 0 Å². The summed E-state index contributed by atoms with van der Waals surface area (Å²) in [4.78, 5) is 12.3. The minimum absolute atomic E-state index is 0.0753. The van der Waals surface area contributed by atoms with Gasteiger partial charge in [-0.05, 0) is 11.5 Å². The molecule has 4 heteroatoms. The molecule has 3 N–H and O–H groups in total. The van der Waals surface area contributed by atoms with Crippen molar-refractivity contribution in [3.63, 3.8) is 0 Å². The fraction of sp³-hybridized carbons (Fsp3) is 0.400. The molecule has 0 aliphatic heterocycles. The average molecular weight is 260 g/mol. The van der Waals surface area contributed by atoms with E-state index < -0.39 is 0 Å². The molecular formula is C15H20N2O2. The molecule has 1 aromatic carbocycles. The second kappa shape index (κ2) is 5.05. The Hall–Kier alpha value is -1.81. The Balaban J connectivity index is 2.25. The Morgan fingerprint density at radius 1 is 1.37 bits per heavy atom. The van der Waals surface area contributed by atoms with Gasteiger partial charge in [-0.1, -0.05) is 39.0 Å². The normalized spacial score (nSPS) is 13.5. The van der Waals surface area contributed by atoms with E-state index >= 15 is 0 Å². The lowest BCUT2D eigenvalue weighted by Gasteiger charge is -2.30. The summed E-state index contributed by atoms with van der Waals surface area (Å²) in [5.74, 6) is -0.143. The molecule has 4 nitrogen and oxygen atoms in total. The Kier molecular flexibility index (Phi) is 3.62. The summed E-state index contributed by atoms with van der Waals surface area (Å²) >= 11 is 0. The van der Waals surface area contributed by atoms with E-state index in [9.17, 15) is 4.79 Å². The molecule has 1 heterocycles. The highest BCUT2D eigenvalue weighted by molar-refractivity contribution is 6.06. The van der Waals surface area contributed by atoms with Gasteiger partial charge in [0.25, 0.3) is 5.91 Å². The van der Waals surface area contributed by atoms with Crippen LogP contribution in [0, 0.1) is 5.41 Å².